The second kappa shape index (κ2) is 8.60. The number of hydrogen-bond donors (Lipinski definition) is 3. The van der Waals surface area contributed by atoms with E-state index in [9.17, 15) is 14.4 Å². The maximum atomic E-state index is 12.8. The fourth-order valence-electron chi connectivity index (χ4n) is 7.15. The molecule has 6 rings (SSSR count). The molecule has 0 spiro atoms. The molecule has 178 valence electrons. The van der Waals surface area contributed by atoms with Crippen molar-refractivity contribution in [2.45, 2.75) is 88.9 Å². The molecule has 6 aliphatic rings. The van der Waals surface area contributed by atoms with Crippen molar-refractivity contribution >= 4 is 17.8 Å². The molecule has 1 aliphatic heterocycles. The van der Waals surface area contributed by atoms with E-state index in [2.05, 4.69) is 25.8 Å². The third-order valence-electron chi connectivity index (χ3n) is 8.78. The zero-order valence-electron chi connectivity index (χ0n) is 19.6. The predicted molar refractivity (Wildman–Crippen MR) is 121 cm³/mol. The van der Waals surface area contributed by atoms with E-state index in [0.717, 1.165) is 62.9 Å². The van der Waals surface area contributed by atoms with Crippen LogP contribution in [0.15, 0.2) is 0 Å². The van der Waals surface area contributed by atoms with Crippen molar-refractivity contribution in [3.63, 3.8) is 0 Å². The van der Waals surface area contributed by atoms with Crippen LogP contribution in [0.25, 0.3) is 0 Å². The maximum Gasteiger partial charge on any atom is 0.321 e. The number of nitrogens with zero attached hydrogens (tertiary/aromatic N) is 2. The first kappa shape index (κ1) is 22.1. The van der Waals surface area contributed by atoms with Gasteiger partial charge in [0.05, 0.1) is 12.1 Å². The second-order valence-corrected chi connectivity index (χ2v) is 11.3. The van der Waals surface area contributed by atoms with Gasteiger partial charge in [-0.15, -0.1) is 0 Å². The van der Waals surface area contributed by atoms with Gasteiger partial charge in [0.2, 0.25) is 11.8 Å². The zero-order valence-corrected chi connectivity index (χ0v) is 19.6. The van der Waals surface area contributed by atoms with Crippen LogP contribution >= 0.6 is 0 Å². The van der Waals surface area contributed by atoms with Crippen molar-refractivity contribution in [1.29, 1.82) is 0 Å². The highest BCUT2D eigenvalue weighted by Gasteiger charge is 2.51. The first-order valence-corrected chi connectivity index (χ1v) is 12.7. The quantitative estimate of drug-likeness (QED) is 0.576. The van der Waals surface area contributed by atoms with Crippen molar-refractivity contribution in [3.05, 3.63) is 0 Å². The minimum Gasteiger partial charge on any atom is -0.352 e. The Kier molecular flexibility index (Phi) is 5.95. The summed E-state index contributed by atoms with van der Waals surface area (Å²) < 4.78 is 0. The number of carbonyl (C=O) groups excluding carboxylic acids is 3. The number of hydrogen-bond acceptors (Lipinski definition) is 5. The lowest BCUT2D eigenvalue weighted by molar-refractivity contribution is -0.129. The Morgan fingerprint density at radius 1 is 0.781 bits per heavy atom. The number of amides is 4. The Morgan fingerprint density at radius 3 is 1.72 bits per heavy atom. The number of urea groups is 1. The highest BCUT2D eigenvalue weighted by Crippen LogP contribution is 2.55. The molecule has 8 nitrogen and oxygen atoms in total. The molecule has 0 aromatic carbocycles. The minimum atomic E-state index is -0.366. The van der Waals surface area contributed by atoms with Gasteiger partial charge in [-0.1, -0.05) is 0 Å². The van der Waals surface area contributed by atoms with Crippen LogP contribution in [0.4, 0.5) is 4.79 Å². The van der Waals surface area contributed by atoms with Crippen LogP contribution in [0.5, 0.6) is 0 Å². The summed E-state index contributed by atoms with van der Waals surface area (Å²) >= 11 is 0. The van der Waals surface area contributed by atoms with E-state index in [0.29, 0.717) is 19.1 Å². The zero-order chi connectivity index (χ0) is 22.5. The number of piperazine rings is 1. The standard InChI is InChI=1S/C24H39N5O3/c1-15(21(30)25-20-3-4-20)28-5-7-29(8-6-28)16(2)22(31)26-23(32)27-24-12-17-9-18(13-24)11-19(10-17)14-24/h15-20H,3-14H2,1-2H3,(H,25,30)(H2,26,27,31,32)/t15-,16+,17?,18?,19?,24?/m1/s1. The molecule has 0 radical (unpaired) electrons. The Labute approximate surface area is 191 Å². The van der Waals surface area contributed by atoms with Gasteiger partial charge in [-0.3, -0.25) is 24.7 Å². The molecule has 0 aromatic heterocycles. The van der Waals surface area contributed by atoms with E-state index < -0.39 is 0 Å². The Hall–Kier alpha value is -1.67. The minimum absolute atomic E-state index is 0.0921. The van der Waals surface area contributed by atoms with Gasteiger partial charge in [0, 0.05) is 37.8 Å². The number of rotatable bonds is 6. The van der Waals surface area contributed by atoms with Crippen LogP contribution in [0.3, 0.4) is 0 Å². The van der Waals surface area contributed by atoms with Crippen molar-refractivity contribution in [2.75, 3.05) is 26.2 Å². The summed E-state index contributed by atoms with van der Waals surface area (Å²) in [6.07, 6.45) is 9.38. The number of nitrogens with one attached hydrogen (secondary N) is 3. The average Bonchev–Trinajstić information content (AvgIpc) is 3.55. The summed E-state index contributed by atoms with van der Waals surface area (Å²) in [6, 6.07) is -0.463. The lowest BCUT2D eigenvalue weighted by Gasteiger charge is -2.56. The molecule has 5 aliphatic carbocycles. The fraction of sp³-hybridized carbons (Fsp3) is 0.875. The predicted octanol–water partition coefficient (Wildman–Crippen LogP) is 1.45. The normalized spacial score (nSPS) is 36.4. The highest BCUT2D eigenvalue weighted by atomic mass is 16.2. The van der Waals surface area contributed by atoms with Gasteiger partial charge in [-0.2, -0.15) is 0 Å². The van der Waals surface area contributed by atoms with Crippen molar-refractivity contribution in [2.24, 2.45) is 17.8 Å². The molecule has 2 atom stereocenters. The average molecular weight is 446 g/mol. The van der Waals surface area contributed by atoms with Gasteiger partial charge in [0.25, 0.3) is 0 Å². The Morgan fingerprint density at radius 2 is 1.25 bits per heavy atom. The van der Waals surface area contributed by atoms with E-state index in [-0.39, 0.29) is 35.5 Å². The third-order valence-corrected chi connectivity index (χ3v) is 8.78. The van der Waals surface area contributed by atoms with Gasteiger partial charge in [-0.25, -0.2) is 4.79 Å². The summed E-state index contributed by atoms with van der Waals surface area (Å²) in [5.74, 6) is 2.12. The topological polar surface area (TPSA) is 93.8 Å². The molecule has 8 heteroatoms. The van der Waals surface area contributed by atoms with Gasteiger partial charge < -0.3 is 10.6 Å². The fourth-order valence-corrected chi connectivity index (χ4v) is 7.15. The van der Waals surface area contributed by atoms with Crippen LogP contribution < -0.4 is 16.0 Å². The van der Waals surface area contributed by atoms with Crippen molar-refractivity contribution in [3.8, 4) is 0 Å². The van der Waals surface area contributed by atoms with Gasteiger partial charge in [0.15, 0.2) is 0 Å². The molecule has 1 heterocycles. The molecular formula is C24H39N5O3. The molecule has 0 aromatic rings. The summed E-state index contributed by atoms with van der Waals surface area (Å²) in [6.45, 7) is 6.75. The molecule has 6 fully saturated rings. The third kappa shape index (κ3) is 4.67. The van der Waals surface area contributed by atoms with E-state index >= 15 is 0 Å². The summed E-state index contributed by atoms with van der Waals surface area (Å²) in [7, 11) is 0. The molecule has 4 amide bonds. The lowest BCUT2D eigenvalue weighted by Crippen LogP contribution is -2.63. The van der Waals surface area contributed by atoms with Crippen LogP contribution in [0, 0.1) is 17.8 Å². The first-order valence-electron chi connectivity index (χ1n) is 12.7. The summed E-state index contributed by atoms with van der Waals surface area (Å²) in [4.78, 5) is 42.1. The molecular weight excluding hydrogens is 406 g/mol. The molecule has 3 N–H and O–H groups in total. The Balaban J connectivity index is 1.07. The van der Waals surface area contributed by atoms with Crippen LogP contribution in [0.2, 0.25) is 0 Å². The van der Waals surface area contributed by atoms with E-state index in [4.69, 9.17) is 0 Å². The molecule has 4 bridgehead atoms. The Bertz CT molecular complexity index is 723. The SMILES string of the molecule is C[C@H](C(=O)NC1CC1)N1CCN([C@@H](C)C(=O)NC(=O)NC23CC4CC(CC(C4)C2)C3)CC1. The van der Waals surface area contributed by atoms with Gasteiger partial charge in [-0.05, 0) is 83.0 Å². The largest absolute Gasteiger partial charge is 0.352 e. The molecule has 1 saturated heterocycles. The van der Waals surface area contributed by atoms with E-state index in [1.165, 1.54) is 19.3 Å². The van der Waals surface area contributed by atoms with Crippen LogP contribution in [-0.4, -0.2) is 77.5 Å². The smallest absolute Gasteiger partial charge is 0.321 e. The number of imide groups is 1. The van der Waals surface area contributed by atoms with E-state index in [1.807, 2.05) is 13.8 Å². The molecule has 0 unspecified atom stereocenters. The molecule has 32 heavy (non-hydrogen) atoms. The van der Waals surface area contributed by atoms with Crippen molar-refractivity contribution < 1.29 is 14.4 Å². The summed E-state index contributed by atoms with van der Waals surface area (Å²) in [5.41, 5.74) is -0.0921. The van der Waals surface area contributed by atoms with Crippen LogP contribution in [0.1, 0.15) is 65.2 Å². The first-order chi connectivity index (χ1) is 15.3. The van der Waals surface area contributed by atoms with E-state index in [1.54, 1.807) is 0 Å². The highest BCUT2D eigenvalue weighted by molar-refractivity contribution is 5.97. The summed E-state index contributed by atoms with van der Waals surface area (Å²) in [5, 5.41) is 8.93. The maximum absolute atomic E-state index is 12.8. The van der Waals surface area contributed by atoms with Gasteiger partial charge >= 0.3 is 6.03 Å². The second-order valence-electron chi connectivity index (χ2n) is 11.3. The molecule has 5 saturated carbocycles. The monoisotopic (exact) mass is 445 g/mol. The van der Waals surface area contributed by atoms with Crippen molar-refractivity contribution in [1.82, 2.24) is 25.8 Å². The van der Waals surface area contributed by atoms with Gasteiger partial charge in [0.1, 0.15) is 0 Å². The number of carbonyl (C=O) groups is 3. The lowest BCUT2D eigenvalue weighted by atomic mass is 9.53. The van der Waals surface area contributed by atoms with Crippen LogP contribution in [-0.2, 0) is 9.59 Å².